The van der Waals surface area contributed by atoms with Gasteiger partial charge < -0.3 is 4.57 Å². The maximum Gasteiger partial charge on any atom is 0.238 e. The van der Waals surface area contributed by atoms with Crippen LogP contribution in [0.1, 0.15) is 13.7 Å². The van der Waals surface area contributed by atoms with Crippen molar-refractivity contribution < 1.29 is 13.7 Å². The average Bonchev–Trinajstić information content (AvgIpc) is 4.16. The SMILES string of the molecule is [2H]c1c([2H])c([2H])c(-c2cc(-c3c([2H])c([2H])c([2H])c([2H])c3[2H])cc(-n3c4ccccc4c4ccc5c6ccccc6n(-c6nc(-c7ccccc7)nc(-c7ccc8c9ccccc9c9ccccc9c8c7)n6)c5c43)c2)c([2H])c1[2H]. The van der Waals surface area contributed by atoms with Gasteiger partial charge in [0.1, 0.15) is 0 Å². The van der Waals surface area contributed by atoms with Crippen molar-refractivity contribution in [2.24, 2.45) is 0 Å². The Morgan fingerprint density at radius 1 is 0.294 bits per heavy atom. The number of rotatable bonds is 6. The molecule has 0 aliphatic rings. The van der Waals surface area contributed by atoms with E-state index in [1.165, 1.54) is 11.5 Å². The maximum absolute atomic E-state index is 9.13. The minimum atomic E-state index is -0.562. The molecule has 3 heterocycles. The highest BCUT2D eigenvalue weighted by Gasteiger charge is 2.24. The molecule has 11 aromatic carbocycles. The molecule has 0 bridgehead atoms. The standard InChI is InChI=1S/C63H39N5/c1-4-18-40(19-5-1)44-36-45(41-20-6-2-7-21-41)38-46(37-44)67-57-30-16-14-28-52(57)54-34-35-55-53-29-15-17-31-58(53)68(60(55)59(54)67)63-65-61(42-22-8-3-9-23-42)64-62(66-63)43-32-33-51-49-26-11-10-24-47(49)48-25-12-13-27-50(48)56(51)39-43/h1-39H/i1D,2D,4D,5D,6D,7D,18D,19D,20D,21D. The third-order valence-electron chi connectivity index (χ3n) is 13.1. The number of nitrogens with zero attached hydrogens (tertiary/aromatic N) is 5. The largest absolute Gasteiger partial charge is 0.307 e. The van der Waals surface area contributed by atoms with Crippen LogP contribution >= 0.6 is 0 Å². The number of fused-ring (bicyclic) bond motifs is 13. The van der Waals surface area contributed by atoms with Crippen LogP contribution in [0.2, 0.25) is 0 Å². The van der Waals surface area contributed by atoms with Gasteiger partial charge in [-0.15, -0.1) is 0 Å². The van der Waals surface area contributed by atoms with Gasteiger partial charge in [0.05, 0.1) is 35.8 Å². The van der Waals surface area contributed by atoms with Gasteiger partial charge in [-0.2, -0.15) is 9.97 Å². The minimum absolute atomic E-state index is 0.113. The smallest absolute Gasteiger partial charge is 0.238 e. The molecule has 0 spiro atoms. The van der Waals surface area contributed by atoms with E-state index in [1.54, 1.807) is 12.1 Å². The third-order valence-corrected chi connectivity index (χ3v) is 13.1. The summed E-state index contributed by atoms with van der Waals surface area (Å²) in [4.78, 5) is 16.0. The van der Waals surface area contributed by atoms with E-state index in [4.69, 9.17) is 28.7 Å². The summed E-state index contributed by atoms with van der Waals surface area (Å²) < 4.78 is 92.2. The molecule has 0 amide bonds. The summed E-state index contributed by atoms with van der Waals surface area (Å²) in [6.07, 6.45) is 0. The van der Waals surface area contributed by atoms with Crippen molar-refractivity contribution in [3.05, 3.63) is 236 Å². The Bertz CT molecular complexity index is 4760. The van der Waals surface area contributed by atoms with Crippen LogP contribution in [0.5, 0.6) is 0 Å². The van der Waals surface area contributed by atoms with E-state index < -0.39 is 60.4 Å². The number of hydrogen-bond acceptors (Lipinski definition) is 3. The second kappa shape index (κ2) is 15.2. The van der Waals surface area contributed by atoms with E-state index in [-0.39, 0.29) is 22.3 Å². The van der Waals surface area contributed by atoms with Gasteiger partial charge in [0.2, 0.25) is 5.95 Å². The fourth-order valence-electron chi connectivity index (χ4n) is 10.2. The van der Waals surface area contributed by atoms with Crippen LogP contribution in [0.25, 0.3) is 133 Å². The lowest BCUT2D eigenvalue weighted by atomic mass is 9.93. The molecule has 0 aliphatic carbocycles. The normalized spacial score (nSPS) is 13.9. The molecule has 14 aromatic rings. The van der Waals surface area contributed by atoms with Crippen LogP contribution in [0.4, 0.5) is 0 Å². The van der Waals surface area contributed by atoms with E-state index in [2.05, 4.69) is 89.5 Å². The maximum atomic E-state index is 9.13. The summed E-state index contributed by atoms with van der Waals surface area (Å²) in [5.41, 5.74) is 5.07. The van der Waals surface area contributed by atoms with Crippen molar-refractivity contribution >= 4 is 75.9 Å². The van der Waals surface area contributed by atoms with Crippen molar-refractivity contribution in [1.82, 2.24) is 24.1 Å². The van der Waals surface area contributed by atoms with Crippen LogP contribution in [0.15, 0.2) is 236 Å². The van der Waals surface area contributed by atoms with Crippen molar-refractivity contribution in [2.45, 2.75) is 0 Å². The number of aromatic nitrogens is 5. The van der Waals surface area contributed by atoms with Crippen molar-refractivity contribution in [2.75, 3.05) is 0 Å². The zero-order valence-electron chi connectivity index (χ0n) is 46.0. The molecular formula is C63H39N5. The van der Waals surface area contributed by atoms with Gasteiger partial charge in [0.15, 0.2) is 11.6 Å². The fraction of sp³-hybridized carbons (Fsp3) is 0. The summed E-state index contributed by atoms with van der Waals surface area (Å²) in [5.74, 6) is 1.24. The second-order valence-corrected chi connectivity index (χ2v) is 16.8. The van der Waals surface area contributed by atoms with E-state index in [0.717, 1.165) is 76.2 Å². The average molecular weight is 876 g/mol. The molecule has 0 unspecified atom stereocenters. The molecule has 14 rings (SSSR count). The Kier molecular flexibility index (Phi) is 6.56. The summed E-state index contributed by atoms with van der Waals surface area (Å²) >= 11 is 0. The van der Waals surface area contributed by atoms with Crippen LogP contribution < -0.4 is 0 Å². The lowest BCUT2D eigenvalue weighted by Gasteiger charge is -2.16. The van der Waals surface area contributed by atoms with Crippen LogP contribution in [0.3, 0.4) is 0 Å². The third kappa shape index (κ3) is 5.93. The van der Waals surface area contributed by atoms with Gasteiger partial charge >= 0.3 is 0 Å². The molecule has 0 fully saturated rings. The molecule has 0 saturated heterocycles. The first kappa shape index (κ1) is 29.4. The van der Waals surface area contributed by atoms with Gasteiger partial charge in [0, 0.05) is 38.4 Å². The molecule has 5 heteroatoms. The first-order valence-corrected chi connectivity index (χ1v) is 22.3. The highest BCUT2D eigenvalue weighted by atomic mass is 15.2. The molecule has 3 aromatic heterocycles. The Hall–Kier alpha value is -9.19. The number of hydrogen-bond donors (Lipinski definition) is 0. The Labute approximate surface area is 405 Å². The second-order valence-electron chi connectivity index (χ2n) is 16.8. The molecule has 0 aliphatic heterocycles. The lowest BCUT2D eigenvalue weighted by molar-refractivity contribution is 0.953. The van der Waals surface area contributed by atoms with Gasteiger partial charge in [-0.3, -0.25) is 4.57 Å². The topological polar surface area (TPSA) is 48.5 Å². The van der Waals surface area contributed by atoms with Gasteiger partial charge in [-0.25, -0.2) is 4.98 Å². The van der Waals surface area contributed by atoms with E-state index in [1.807, 2.05) is 77.4 Å². The summed E-state index contributed by atoms with van der Waals surface area (Å²) in [6.45, 7) is 0. The van der Waals surface area contributed by atoms with E-state index in [0.29, 0.717) is 28.8 Å². The first-order chi connectivity index (χ1) is 37.9. The summed E-state index contributed by atoms with van der Waals surface area (Å²) in [6, 6.07) is 53.0. The summed E-state index contributed by atoms with van der Waals surface area (Å²) in [7, 11) is 0. The van der Waals surface area contributed by atoms with Crippen molar-refractivity contribution in [3.8, 4) is 56.7 Å². The van der Waals surface area contributed by atoms with Crippen LogP contribution in [0, 0.1) is 0 Å². The monoisotopic (exact) mass is 875 g/mol. The number of benzene rings is 11. The Morgan fingerprint density at radius 3 is 1.31 bits per heavy atom. The first-order valence-electron chi connectivity index (χ1n) is 27.3. The molecule has 68 heavy (non-hydrogen) atoms. The zero-order chi connectivity index (χ0) is 53.4. The molecule has 5 nitrogen and oxygen atoms in total. The summed E-state index contributed by atoms with van der Waals surface area (Å²) in [5, 5.41) is 10.2. The molecular weight excluding hydrogens is 827 g/mol. The molecule has 316 valence electrons. The number of para-hydroxylation sites is 2. The molecule has 0 atom stereocenters. The Balaban J connectivity index is 1.11. The quantitative estimate of drug-likeness (QED) is 0.156. The predicted molar refractivity (Wildman–Crippen MR) is 283 cm³/mol. The molecule has 0 radical (unpaired) electrons. The predicted octanol–water partition coefficient (Wildman–Crippen LogP) is 16.2. The highest BCUT2D eigenvalue weighted by molar-refractivity contribution is 6.26. The van der Waals surface area contributed by atoms with Gasteiger partial charge in [-0.05, 0) is 91.0 Å². The van der Waals surface area contributed by atoms with Crippen LogP contribution in [-0.2, 0) is 0 Å². The van der Waals surface area contributed by atoms with Gasteiger partial charge in [0.25, 0.3) is 0 Å². The van der Waals surface area contributed by atoms with E-state index in [9.17, 15) is 0 Å². The van der Waals surface area contributed by atoms with E-state index >= 15 is 0 Å². The highest BCUT2D eigenvalue weighted by Crippen LogP contribution is 2.43. The lowest BCUT2D eigenvalue weighted by Crippen LogP contribution is -2.07. The minimum Gasteiger partial charge on any atom is -0.307 e. The van der Waals surface area contributed by atoms with Crippen molar-refractivity contribution in [1.29, 1.82) is 0 Å². The molecule has 0 N–H and O–H groups in total. The Morgan fingerprint density at radius 2 is 0.735 bits per heavy atom. The molecule has 0 saturated carbocycles. The zero-order valence-corrected chi connectivity index (χ0v) is 36.0. The fourth-order valence-corrected chi connectivity index (χ4v) is 10.2. The van der Waals surface area contributed by atoms with Crippen LogP contribution in [-0.4, -0.2) is 24.1 Å². The van der Waals surface area contributed by atoms with Crippen molar-refractivity contribution in [3.63, 3.8) is 0 Å². The van der Waals surface area contributed by atoms with Gasteiger partial charge in [-0.1, -0.05) is 200 Å².